The van der Waals surface area contributed by atoms with Gasteiger partial charge >= 0.3 is 12.1 Å². The molecule has 0 radical (unpaired) electrons. The first kappa shape index (κ1) is 22.1. The molecule has 0 saturated carbocycles. The van der Waals surface area contributed by atoms with Crippen LogP contribution < -0.4 is 5.32 Å². The number of aliphatic imine (C=N–C) groups is 1. The van der Waals surface area contributed by atoms with Crippen molar-refractivity contribution in [3.05, 3.63) is 0 Å². The Labute approximate surface area is 156 Å². The standard InChI is InChI=1S/C18H34N4O4/c1-7-21(17(24)26-18(2,3)4)13-10-20-16(19-5)22-11-8-14(9-12-22)15(23)25-6/h14H,7-13H2,1-6H3,(H,19,20). The molecule has 0 atom stereocenters. The van der Waals surface area contributed by atoms with Gasteiger partial charge in [0.15, 0.2) is 5.96 Å². The van der Waals surface area contributed by atoms with E-state index < -0.39 is 5.60 Å². The van der Waals surface area contributed by atoms with Gasteiger partial charge in [-0.05, 0) is 40.5 Å². The Morgan fingerprint density at radius 3 is 2.35 bits per heavy atom. The van der Waals surface area contributed by atoms with E-state index in [1.165, 1.54) is 7.11 Å². The van der Waals surface area contributed by atoms with Gasteiger partial charge in [0, 0.05) is 39.8 Å². The summed E-state index contributed by atoms with van der Waals surface area (Å²) in [5, 5.41) is 3.29. The van der Waals surface area contributed by atoms with Gasteiger partial charge in [0.05, 0.1) is 13.0 Å². The number of esters is 1. The first-order valence-corrected chi connectivity index (χ1v) is 9.23. The fraction of sp³-hybridized carbons (Fsp3) is 0.833. The van der Waals surface area contributed by atoms with Crippen molar-refractivity contribution in [1.82, 2.24) is 15.1 Å². The summed E-state index contributed by atoms with van der Waals surface area (Å²) in [7, 11) is 3.17. The van der Waals surface area contributed by atoms with Crippen molar-refractivity contribution in [2.75, 3.05) is 46.9 Å². The molecule has 150 valence electrons. The monoisotopic (exact) mass is 370 g/mol. The lowest BCUT2D eigenvalue weighted by molar-refractivity contribution is -0.146. The molecule has 0 aromatic carbocycles. The van der Waals surface area contributed by atoms with Crippen LogP contribution in [0.25, 0.3) is 0 Å². The quantitative estimate of drug-likeness (QED) is 0.451. The van der Waals surface area contributed by atoms with E-state index in [0.717, 1.165) is 31.9 Å². The average Bonchev–Trinajstić information content (AvgIpc) is 2.60. The summed E-state index contributed by atoms with van der Waals surface area (Å²) in [6, 6.07) is 0. The summed E-state index contributed by atoms with van der Waals surface area (Å²) < 4.78 is 10.2. The Kier molecular flexibility index (Phi) is 8.68. The van der Waals surface area contributed by atoms with E-state index in [2.05, 4.69) is 15.2 Å². The number of carbonyl (C=O) groups is 2. The van der Waals surface area contributed by atoms with Gasteiger partial charge in [-0.1, -0.05) is 0 Å². The van der Waals surface area contributed by atoms with Crippen molar-refractivity contribution < 1.29 is 19.1 Å². The lowest BCUT2D eigenvalue weighted by atomic mass is 9.97. The SMILES string of the molecule is CCN(CCNC(=NC)N1CCC(C(=O)OC)CC1)C(=O)OC(C)(C)C. The molecular formula is C18H34N4O4. The fourth-order valence-corrected chi connectivity index (χ4v) is 2.83. The zero-order valence-electron chi connectivity index (χ0n) is 17.0. The molecule has 0 unspecified atom stereocenters. The molecule has 1 heterocycles. The van der Waals surface area contributed by atoms with Gasteiger partial charge in [0.25, 0.3) is 0 Å². The summed E-state index contributed by atoms with van der Waals surface area (Å²) in [6.45, 7) is 10.7. The van der Waals surface area contributed by atoms with Crippen LogP contribution in [0.4, 0.5) is 4.79 Å². The molecule has 1 aliphatic rings. The lowest BCUT2D eigenvalue weighted by Crippen LogP contribution is -2.49. The molecule has 8 heteroatoms. The largest absolute Gasteiger partial charge is 0.469 e. The second kappa shape index (κ2) is 10.2. The van der Waals surface area contributed by atoms with Gasteiger partial charge in [0.2, 0.25) is 0 Å². The number of likely N-dealkylation sites (tertiary alicyclic amines) is 1. The van der Waals surface area contributed by atoms with E-state index in [1.807, 2.05) is 27.7 Å². The third-order valence-electron chi connectivity index (χ3n) is 4.24. The molecule has 0 spiro atoms. The number of nitrogens with one attached hydrogen (secondary N) is 1. The van der Waals surface area contributed by atoms with Gasteiger partial charge in [-0.2, -0.15) is 0 Å². The second-order valence-corrected chi connectivity index (χ2v) is 7.32. The number of piperidine rings is 1. The van der Waals surface area contributed by atoms with Crippen molar-refractivity contribution in [2.45, 2.75) is 46.1 Å². The van der Waals surface area contributed by atoms with Crippen LogP contribution in [0.3, 0.4) is 0 Å². The zero-order valence-corrected chi connectivity index (χ0v) is 17.0. The fourth-order valence-electron chi connectivity index (χ4n) is 2.83. The summed E-state index contributed by atoms with van der Waals surface area (Å²) in [5.41, 5.74) is -0.502. The van der Waals surface area contributed by atoms with Gasteiger partial charge in [0.1, 0.15) is 5.60 Å². The third kappa shape index (κ3) is 7.09. The van der Waals surface area contributed by atoms with Crippen LogP contribution in [-0.4, -0.2) is 80.3 Å². The Hall–Kier alpha value is -1.99. The van der Waals surface area contributed by atoms with Crippen LogP contribution in [-0.2, 0) is 14.3 Å². The van der Waals surface area contributed by atoms with Gasteiger partial charge in [-0.3, -0.25) is 9.79 Å². The highest BCUT2D eigenvalue weighted by molar-refractivity contribution is 5.80. The molecule has 26 heavy (non-hydrogen) atoms. The first-order valence-electron chi connectivity index (χ1n) is 9.23. The Morgan fingerprint density at radius 1 is 1.27 bits per heavy atom. The van der Waals surface area contributed by atoms with Crippen LogP contribution in [0.15, 0.2) is 4.99 Å². The smallest absolute Gasteiger partial charge is 0.410 e. The highest BCUT2D eigenvalue weighted by Gasteiger charge is 2.27. The number of rotatable bonds is 5. The molecule has 0 aromatic rings. The maximum absolute atomic E-state index is 12.2. The predicted molar refractivity (Wildman–Crippen MR) is 101 cm³/mol. The average molecular weight is 370 g/mol. The van der Waals surface area contributed by atoms with Crippen molar-refractivity contribution in [2.24, 2.45) is 10.9 Å². The Bertz CT molecular complexity index is 494. The van der Waals surface area contributed by atoms with Crippen molar-refractivity contribution in [3.8, 4) is 0 Å². The van der Waals surface area contributed by atoms with Crippen molar-refractivity contribution in [1.29, 1.82) is 0 Å². The van der Waals surface area contributed by atoms with Crippen molar-refractivity contribution in [3.63, 3.8) is 0 Å². The molecule has 0 bridgehead atoms. The van der Waals surface area contributed by atoms with E-state index in [0.29, 0.717) is 19.6 Å². The van der Waals surface area contributed by atoms with Gasteiger partial charge in [-0.25, -0.2) is 4.79 Å². The molecule has 1 aliphatic heterocycles. The van der Waals surface area contributed by atoms with Gasteiger partial charge < -0.3 is 24.6 Å². The van der Waals surface area contributed by atoms with Crippen molar-refractivity contribution >= 4 is 18.0 Å². The molecule has 1 rings (SSSR count). The maximum atomic E-state index is 12.2. The number of carbonyl (C=O) groups excluding carboxylic acids is 2. The normalized spacial score (nSPS) is 16.2. The third-order valence-corrected chi connectivity index (χ3v) is 4.24. The van der Waals surface area contributed by atoms with Crippen LogP contribution >= 0.6 is 0 Å². The van der Waals surface area contributed by atoms with Crippen LogP contribution in [0.5, 0.6) is 0 Å². The lowest BCUT2D eigenvalue weighted by Gasteiger charge is -2.33. The summed E-state index contributed by atoms with van der Waals surface area (Å²) >= 11 is 0. The molecule has 0 aromatic heterocycles. The van der Waals surface area contributed by atoms with Gasteiger partial charge in [-0.15, -0.1) is 0 Å². The van der Waals surface area contributed by atoms with Crippen LogP contribution in [0.2, 0.25) is 0 Å². The maximum Gasteiger partial charge on any atom is 0.410 e. The number of hydrogen-bond acceptors (Lipinski definition) is 5. The first-order chi connectivity index (χ1) is 12.2. The molecular weight excluding hydrogens is 336 g/mol. The molecule has 1 fully saturated rings. The van der Waals surface area contributed by atoms with E-state index in [-0.39, 0.29) is 18.0 Å². The second-order valence-electron chi connectivity index (χ2n) is 7.32. The minimum absolute atomic E-state index is 0.0305. The number of hydrogen-bond donors (Lipinski definition) is 1. The minimum Gasteiger partial charge on any atom is -0.469 e. The van der Waals surface area contributed by atoms with Crippen LogP contribution in [0, 0.1) is 5.92 Å². The number of amides is 1. The van der Waals surface area contributed by atoms with E-state index in [4.69, 9.17) is 9.47 Å². The number of nitrogens with zero attached hydrogens (tertiary/aromatic N) is 3. The zero-order chi connectivity index (χ0) is 19.7. The van der Waals surface area contributed by atoms with E-state index >= 15 is 0 Å². The predicted octanol–water partition coefficient (Wildman–Crippen LogP) is 1.70. The van der Waals surface area contributed by atoms with Crippen LogP contribution in [0.1, 0.15) is 40.5 Å². The number of guanidine groups is 1. The molecule has 1 saturated heterocycles. The molecule has 0 aliphatic carbocycles. The number of likely N-dealkylation sites (N-methyl/N-ethyl adjacent to an activating group) is 1. The van der Waals surface area contributed by atoms with E-state index in [1.54, 1.807) is 11.9 Å². The molecule has 1 N–H and O–H groups in total. The summed E-state index contributed by atoms with van der Waals surface area (Å²) in [5.74, 6) is 0.620. The highest BCUT2D eigenvalue weighted by atomic mass is 16.6. The molecule has 1 amide bonds. The Balaban J connectivity index is 2.45. The van der Waals surface area contributed by atoms with E-state index in [9.17, 15) is 9.59 Å². The number of methoxy groups -OCH3 is 1. The summed E-state index contributed by atoms with van der Waals surface area (Å²) in [6.07, 6.45) is 1.20. The topological polar surface area (TPSA) is 83.5 Å². The minimum atomic E-state index is -0.502. The highest BCUT2D eigenvalue weighted by Crippen LogP contribution is 2.18. The Morgan fingerprint density at radius 2 is 1.88 bits per heavy atom. The summed E-state index contributed by atoms with van der Waals surface area (Å²) in [4.78, 5) is 31.9. The molecule has 8 nitrogen and oxygen atoms in total. The number of ether oxygens (including phenoxy) is 2.